The fourth-order valence-electron chi connectivity index (χ4n) is 2.88. The minimum absolute atomic E-state index is 0.324. The molecule has 0 saturated carbocycles. The molecule has 0 bridgehead atoms. The molecule has 142 valence electrons. The lowest BCUT2D eigenvalue weighted by atomic mass is 10.2. The number of carbonyl (C=O) groups excluding carboxylic acids is 1. The third-order valence-electron chi connectivity index (χ3n) is 4.18. The first-order valence-electron chi connectivity index (χ1n) is 8.30. The van der Waals surface area contributed by atoms with Crippen LogP contribution in [0.2, 0.25) is 5.02 Å². The summed E-state index contributed by atoms with van der Waals surface area (Å²) in [7, 11) is 4.58. The normalized spacial score (nSPS) is 10.7. The highest BCUT2D eigenvalue weighted by atomic mass is 35.5. The predicted molar refractivity (Wildman–Crippen MR) is 104 cm³/mol. The summed E-state index contributed by atoms with van der Waals surface area (Å²) in [6, 6.07) is 6.81. The van der Waals surface area contributed by atoms with Crippen LogP contribution in [0.3, 0.4) is 0 Å². The number of halogens is 1. The summed E-state index contributed by atoms with van der Waals surface area (Å²) in [4.78, 5) is 17.6. The van der Waals surface area contributed by atoms with E-state index in [0.29, 0.717) is 51.4 Å². The van der Waals surface area contributed by atoms with Gasteiger partial charge in [0.1, 0.15) is 17.2 Å². The van der Waals surface area contributed by atoms with Gasteiger partial charge < -0.3 is 19.5 Å². The number of methoxy groups -OCH3 is 3. The smallest absolute Gasteiger partial charge is 0.274 e. The zero-order valence-corrected chi connectivity index (χ0v) is 16.3. The number of hydrogen-bond acceptors (Lipinski definition) is 5. The maximum absolute atomic E-state index is 13.1. The molecule has 0 aliphatic heterocycles. The number of aromatic nitrogens is 2. The number of pyridine rings is 1. The molecule has 3 aromatic rings. The van der Waals surface area contributed by atoms with Gasteiger partial charge in [-0.25, -0.2) is 4.98 Å². The molecule has 1 aromatic carbocycles. The van der Waals surface area contributed by atoms with Gasteiger partial charge in [-0.2, -0.15) is 0 Å². The number of nitrogens with zero attached hydrogens (tertiary/aromatic N) is 2. The topological polar surface area (TPSA) is 74.1 Å². The van der Waals surface area contributed by atoms with Crippen molar-refractivity contribution in [1.82, 2.24) is 9.38 Å². The van der Waals surface area contributed by atoms with Crippen molar-refractivity contribution in [3.63, 3.8) is 0 Å². The van der Waals surface area contributed by atoms with Crippen LogP contribution < -0.4 is 19.5 Å². The maximum atomic E-state index is 13.1. The standard InChI is InChI=1S/C19H20ClN3O4/c1-5-12-17(23-8-6-7-14(25-2)18(23)21-12)19(24)22-13-10-15(26-3)11(20)9-16(13)27-4/h6-10H,5H2,1-4H3,(H,22,24). The van der Waals surface area contributed by atoms with Gasteiger partial charge in [-0.05, 0) is 18.6 Å². The van der Waals surface area contributed by atoms with Gasteiger partial charge in [-0.15, -0.1) is 0 Å². The second-order valence-corrected chi connectivity index (χ2v) is 6.08. The molecule has 7 nitrogen and oxygen atoms in total. The summed E-state index contributed by atoms with van der Waals surface area (Å²) in [5.74, 6) is 1.13. The summed E-state index contributed by atoms with van der Waals surface area (Å²) in [6.07, 6.45) is 2.37. The third-order valence-corrected chi connectivity index (χ3v) is 4.47. The van der Waals surface area contributed by atoms with Crippen molar-refractivity contribution in [2.75, 3.05) is 26.6 Å². The van der Waals surface area contributed by atoms with Crippen molar-refractivity contribution in [2.24, 2.45) is 0 Å². The van der Waals surface area contributed by atoms with E-state index >= 15 is 0 Å². The van der Waals surface area contributed by atoms with Crippen molar-refractivity contribution in [2.45, 2.75) is 13.3 Å². The zero-order chi connectivity index (χ0) is 19.6. The molecule has 3 rings (SSSR count). The Morgan fingerprint density at radius 2 is 1.85 bits per heavy atom. The van der Waals surface area contributed by atoms with Crippen molar-refractivity contribution in [1.29, 1.82) is 0 Å². The number of imidazole rings is 1. The van der Waals surface area contributed by atoms with Crippen molar-refractivity contribution in [3.8, 4) is 17.2 Å². The Labute approximate surface area is 161 Å². The third kappa shape index (κ3) is 3.38. The van der Waals surface area contributed by atoms with Crippen LogP contribution in [-0.4, -0.2) is 36.6 Å². The van der Waals surface area contributed by atoms with Gasteiger partial charge in [0, 0.05) is 18.3 Å². The van der Waals surface area contributed by atoms with E-state index in [9.17, 15) is 4.79 Å². The second kappa shape index (κ2) is 7.75. The van der Waals surface area contributed by atoms with Crippen LogP contribution in [0.25, 0.3) is 5.65 Å². The molecule has 0 fully saturated rings. The van der Waals surface area contributed by atoms with Crippen LogP contribution >= 0.6 is 11.6 Å². The van der Waals surface area contributed by atoms with E-state index in [1.807, 2.05) is 6.92 Å². The average Bonchev–Trinajstić information content (AvgIpc) is 3.07. The number of amides is 1. The molecular weight excluding hydrogens is 370 g/mol. The molecule has 0 aliphatic carbocycles. The van der Waals surface area contributed by atoms with Gasteiger partial charge in [0.2, 0.25) is 0 Å². The summed E-state index contributed by atoms with van der Waals surface area (Å²) >= 11 is 6.13. The summed E-state index contributed by atoms with van der Waals surface area (Å²) in [6.45, 7) is 1.94. The molecule has 0 aliphatic rings. The Balaban J connectivity index is 2.07. The lowest BCUT2D eigenvalue weighted by molar-refractivity contribution is 0.102. The minimum atomic E-state index is -0.324. The molecule has 2 aromatic heterocycles. The van der Waals surface area contributed by atoms with Crippen LogP contribution in [0.1, 0.15) is 23.1 Å². The molecular formula is C19H20ClN3O4. The Kier molecular flexibility index (Phi) is 5.41. The number of benzene rings is 1. The number of fused-ring (bicyclic) bond motifs is 1. The first-order valence-corrected chi connectivity index (χ1v) is 8.68. The number of carbonyl (C=O) groups is 1. The first-order chi connectivity index (χ1) is 13.0. The van der Waals surface area contributed by atoms with Crippen LogP contribution in [0.5, 0.6) is 17.2 Å². The quantitative estimate of drug-likeness (QED) is 0.693. The highest BCUT2D eigenvalue weighted by molar-refractivity contribution is 6.32. The average molecular weight is 390 g/mol. The van der Waals surface area contributed by atoms with Gasteiger partial charge in [0.25, 0.3) is 5.91 Å². The summed E-state index contributed by atoms with van der Waals surface area (Å²) in [5, 5.41) is 3.26. The number of anilines is 1. The van der Waals surface area contributed by atoms with Crippen molar-refractivity contribution >= 4 is 28.8 Å². The van der Waals surface area contributed by atoms with E-state index < -0.39 is 0 Å². The molecule has 27 heavy (non-hydrogen) atoms. The minimum Gasteiger partial charge on any atom is -0.495 e. The zero-order valence-electron chi connectivity index (χ0n) is 15.5. The SMILES string of the molecule is CCc1nc2c(OC)cccn2c1C(=O)Nc1cc(OC)c(Cl)cc1OC. The van der Waals surface area contributed by atoms with Gasteiger partial charge in [0.05, 0.1) is 37.7 Å². The van der Waals surface area contributed by atoms with Gasteiger partial charge in [-0.1, -0.05) is 18.5 Å². The lowest BCUT2D eigenvalue weighted by Gasteiger charge is -2.13. The number of nitrogens with one attached hydrogen (secondary N) is 1. The fraction of sp³-hybridized carbons (Fsp3) is 0.263. The molecule has 0 radical (unpaired) electrons. The number of ether oxygens (including phenoxy) is 3. The van der Waals surface area contributed by atoms with Crippen LogP contribution in [0.15, 0.2) is 30.5 Å². The van der Waals surface area contributed by atoms with E-state index in [0.717, 1.165) is 0 Å². The van der Waals surface area contributed by atoms with E-state index in [2.05, 4.69) is 10.3 Å². The lowest BCUT2D eigenvalue weighted by Crippen LogP contribution is -2.17. The number of aryl methyl sites for hydroxylation is 1. The van der Waals surface area contributed by atoms with E-state index in [1.54, 1.807) is 42.0 Å². The molecule has 0 saturated heterocycles. The largest absolute Gasteiger partial charge is 0.495 e. The second-order valence-electron chi connectivity index (χ2n) is 5.67. The predicted octanol–water partition coefficient (Wildman–Crippen LogP) is 3.83. The monoisotopic (exact) mass is 389 g/mol. The Morgan fingerprint density at radius 3 is 2.48 bits per heavy atom. The fourth-order valence-corrected chi connectivity index (χ4v) is 3.11. The van der Waals surface area contributed by atoms with Crippen molar-refractivity contribution < 1.29 is 19.0 Å². The van der Waals surface area contributed by atoms with E-state index in [-0.39, 0.29) is 5.91 Å². The molecule has 2 heterocycles. The Bertz CT molecular complexity index is 1000. The molecule has 1 N–H and O–H groups in total. The summed E-state index contributed by atoms with van der Waals surface area (Å²) < 4.78 is 17.6. The van der Waals surface area contributed by atoms with E-state index in [1.165, 1.54) is 14.2 Å². The Morgan fingerprint density at radius 1 is 1.15 bits per heavy atom. The molecule has 0 atom stereocenters. The molecule has 0 spiro atoms. The number of rotatable bonds is 6. The van der Waals surface area contributed by atoms with Crippen LogP contribution in [-0.2, 0) is 6.42 Å². The van der Waals surface area contributed by atoms with E-state index in [4.69, 9.17) is 25.8 Å². The van der Waals surface area contributed by atoms with Gasteiger partial charge >= 0.3 is 0 Å². The Hall–Kier alpha value is -2.93. The summed E-state index contributed by atoms with van der Waals surface area (Å²) in [5.41, 5.74) is 2.13. The highest BCUT2D eigenvalue weighted by Gasteiger charge is 2.22. The molecule has 1 amide bonds. The van der Waals surface area contributed by atoms with Crippen LogP contribution in [0.4, 0.5) is 5.69 Å². The maximum Gasteiger partial charge on any atom is 0.274 e. The van der Waals surface area contributed by atoms with Gasteiger partial charge in [-0.3, -0.25) is 9.20 Å². The van der Waals surface area contributed by atoms with Crippen LogP contribution in [0, 0.1) is 0 Å². The van der Waals surface area contributed by atoms with Gasteiger partial charge in [0.15, 0.2) is 11.4 Å². The first kappa shape index (κ1) is 18.8. The highest BCUT2D eigenvalue weighted by Crippen LogP contribution is 2.36. The molecule has 0 unspecified atom stereocenters. The number of hydrogen-bond donors (Lipinski definition) is 1. The molecule has 8 heteroatoms. The van der Waals surface area contributed by atoms with Crippen molar-refractivity contribution in [3.05, 3.63) is 46.9 Å².